The number of nitrogens with one attached hydrogen (secondary N) is 1. The summed E-state index contributed by atoms with van der Waals surface area (Å²) in [6, 6.07) is 0. The van der Waals surface area contributed by atoms with Crippen LogP contribution in [0.1, 0.15) is 36.7 Å². The standard InChI is InChI=1S/C13H19N3O2/c1-2-18-11-7-10(8-11)3-4-16-13(17)12-9-14-5-6-15-12/h5-6,9-11H,2-4,7-8H2,1H3,(H,16,17). The first-order chi connectivity index (χ1) is 8.79. The molecule has 0 radical (unpaired) electrons. The van der Waals surface area contributed by atoms with Gasteiger partial charge in [0.25, 0.3) is 5.91 Å². The zero-order valence-electron chi connectivity index (χ0n) is 10.6. The maximum Gasteiger partial charge on any atom is 0.271 e. The van der Waals surface area contributed by atoms with Crippen LogP contribution in [0.25, 0.3) is 0 Å². The van der Waals surface area contributed by atoms with Crippen molar-refractivity contribution in [3.8, 4) is 0 Å². The Morgan fingerprint density at radius 1 is 1.50 bits per heavy atom. The molecule has 1 heterocycles. The van der Waals surface area contributed by atoms with Crippen molar-refractivity contribution >= 4 is 5.91 Å². The Morgan fingerprint density at radius 2 is 2.33 bits per heavy atom. The fourth-order valence-electron chi connectivity index (χ4n) is 2.18. The summed E-state index contributed by atoms with van der Waals surface area (Å²) in [4.78, 5) is 19.5. The maximum absolute atomic E-state index is 11.7. The average Bonchev–Trinajstić information content (AvgIpc) is 2.36. The molecule has 2 rings (SSSR count). The third-order valence-corrected chi connectivity index (χ3v) is 3.23. The van der Waals surface area contributed by atoms with Gasteiger partial charge in [0.1, 0.15) is 5.69 Å². The van der Waals surface area contributed by atoms with Gasteiger partial charge in [-0.25, -0.2) is 4.98 Å². The molecule has 18 heavy (non-hydrogen) atoms. The first-order valence-corrected chi connectivity index (χ1v) is 6.45. The van der Waals surface area contributed by atoms with Crippen molar-refractivity contribution in [3.05, 3.63) is 24.3 Å². The Morgan fingerprint density at radius 3 is 3.00 bits per heavy atom. The summed E-state index contributed by atoms with van der Waals surface area (Å²) in [5, 5.41) is 2.86. The first-order valence-electron chi connectivity index (χ1n) is 6.45. The van der Waals surface area contributed by atoms with Gasteiger partial charge in [-0.2, -0.15) is 0 Å². The van der Waals surface area contributed by atoms with E-state index in [1.54, 1.807) is 6.20 Å². The zero-order chi connectivity index (χ0) is 12.8. The van der Waals surface area contributed by atoms with Crippen LogP contribution < -0.4 is 5.32 Å². The van der Waals surface area contributed by atoms with E-state index >= 15 is 0 Å². The fourth-order valence-corrected chi connectivity index (χ4v) is 2.18. The van der Waals surface area contributed by atoms with Gasteiger partial charge < -0.3 is 10.1 Å². The quantitative estimate of drug-likeness (QED) is 0.828. The van der Waals surface area contributed by atoms with Gasteiger partial charge in [-0.1, -0.05) is 0 Å². The van der Waals surface area contributed by atoms with E-state index in [4.69, 9.17) is 4.74 Å². The topological polar surface area (TPSA) is 64.1 Å². The number of amides is 1. The number of ether oxygens (including phenoxy) is 1. The number of nitrogens with zero attached hydrogens (tertiary/aromatic N) is 2. The smallest absolute Gasteiger partial charge is 0.271 e. The van der Waals surface area contributed by atoms with Crippen molar-refractivity contribution in [1.29, 1.82) is 0 Å². The van der Waals surface area contributed by atoms with Crippen LogP contribution >= 0.6 is 0 Å². The summed E-state index contributed by atoms with van der Waals surface area (Å²) in [7, 11) is 0. The zero-order valence-corrected chi connectivity index (χ0v) is 10.6. The highest BCUT2D eigenvalue weighted by Gasteiger charge is 2.28. The molecule has 1 aliphatic rings. The molecule has 1 N–H and O–H groups in total. The molecule has 1 fully saturated rings. The Hall–Kier alpha value is -1.49. The lowest BCUT2D eigenvalue weighted by atomic mass is 9.80. The van der Waals surface area contributed by atoms with E-state index in [0.717, 1.165) is 25.9 Å². The van der Waals surface area contributed by atoms with E-state index < -0.39 is 0 Å². The monoisotopic (exact) mass is 249 g/mol. The molecule has 0 saturated heterocycles. The molecule has 0 aliphatic heterocycles. The van der Waals surface area contributed by atoms with Crippen molar-refractivity contribution in [2.75, 3.05) is 13.2 Å². The predicted molar refractivity (Wildman–Crippen MR) is 67.1 cm³/mol. The molecule has 0 bridgehead atoms. The number of aromatic nitrogens is 2. The summed E-state index contributed by atoms with van der Waals surface area (Å²) in [6.07, 6.45) is 8.24. The molecule has 1 aliphatic carbocycles. The molecule has 98 valence electrons. The number of hydrogen-bond acceptors (Lipinski definition) is 4. The van der Waals surface area contributed by atoms with Gasteiger partial charge in [-0.15, -0.1) is 0 Å². The Balaban J connectivity index is 1.61. The minimum atomic E-state index is -0.149. The van der Waals surface area contributed by atoms with Crippen molar-refractivity contribution in [2.45, 2.75) is 32.3 Å². The molecule has 1 saturated carbocycles. The minimum absolute atomic E-state index is 0.149. The lowest BCUT2D eigenvalue weighted by molar-refractivity contribution is -0.0261. The number of hydrogen-bond donors (Lipinski definition) is 1. The third kappa shape index (κ3) is 3.50. The molecule has 0 atom stereocenters. The van der Waals surface area contributed by atoms with E-state index in [1.807, 2.05) is 6.92 Å². The van der Waals surface area contributed by atoms with Crippen LogP contribution in [0.4, 0.5) is 0 Å². The van der Waals surface area contributed by atoms with Crippen LogP contribution in [0.5, 0.6) is 0 Å². The first kappa shape index (κ1) is 13.0. The largest absolute Gasteiger partial charge is 0.378 e. The van der Waals surface area contributed by atoms with Crippen LogP contribution in [0, 0.1) is 5.92 Å². The molecule has 5 heteroatoms. The molecule has 0 aromatic carbocycles. The van der Waals surface area contributed by atoms with Crippen LogP contribution in [-0.2, 0) is 4.74 Å². The molecular formula is C13H19N3O2. The SMILES string of the molecule is CCOC1CC(CCNC(=O)c2cnccn2)C1. The van der Waals surface area contributed by atoms with Gasteiger partial charge in [0.15, 0.2) is 0 Å². The number of rotatable bonds is 6. The molecule has 0 spiro atoms. The van der Waals surface area contributed by atoms with E-state index in [1.165, 1.54) is 12.4 Å². The van der Waals surface area contributed by atoms with Gasteiger partial charge in [0, 0.05) is 25.5 Å². The second kappa shape index (κ2) is 6.44. The Labute approximate surface area is 107 Å². The molecular weight excluding hydrogens is 230 g/mol. The highest BCUT2D eigenvalue weighted by atomic mass is 16.5. The van der Waals surface area contributed by atoms with E-state index in [9.17, 15) is 4.79 Å². The van der Waals surface area contributed by atoms with Crippen LogP contribution in [-0.4, -0.2) is 35.1 Å². The van der Waals surface area contributed by atoms with Gasteiger partial charge in [0.05, 0.1) is 12.3 Å². The second-order valence-corrected chi connectivity index (χ2v) is 4.55. The van der Waals surface area contributed by atoms with Crippen molar-refractivity contribution < 1.29 is 9.53 Å². The van der Waals surface area contributed by atoms with E-state index in [2.05, 4.69) is 15.3 Å². The maximum atomic E-state index is 11.7. The van der Waals surface area contributed by atoms with Gasteiger partial charge in [0.2, 0.25) is 0 Å². The lowest BCUT2D eigenvalue weighted by Gasteiger charge is -2.34. The third-order valence-electron chi connectivity index (χ3n) is 3.23. The Kier molecular flexibility index (Phi) is 4.64. The van der Waals surface area contributed by atoms with Crippen molar-refractivity contribution in [2.24, 2.45) is 5.92 Å². The summed E-state index contributed by atoms with van der Waals surface area (Å²) in [5.74, 6) is 0.535. The van der Waals surface area contributed by atoms with Gasteiger partial charge >= 0.3 is 0 Å². The van der Waals surface area contributed by atoms with Crippen LogP contribution in [0.15, 0.2) is 18.6 Å². The van der Waals surface area contributed by atoms with E-state index in [0.29, 0.717) is 24.3 Å². The van der Waals surface area contributed by atoms with E-state index in [-0.39, 0.29) is 5.91 Å². The minimum Gasteiger partial charge on any atom is -0.378 e. The second-order valence-electron chi connectivity index (χ2n) is 4.55. The molecule has 0 unspecified atom stereocenters. The predicted octanol–water partition coefficient (Wildman–Crippen LogP) is 1.41. The summed E-state index contributed by atoms with van der Waals surface area (Å²) < 4.78 is 5.50. The summed E-state index contributed by atoms with van der Waals surface area (Å²) in [5.41, 5.74) is 0.373. The number of carbonyl (C=O) groups is 1. The van der Waals surface area contributed by atoms with Crippen molar-refractivity contribution in [3.63, 3.8) is 0 Å². The Bertz CT molecular complexity index is 377. The van der Waals surface area contributed by atoms with Crippen molar-refractivity contribution in [1.82, 2.24) is 15.3 Å². The molecule has 1 amide bonds. The summed E-state index contributed by atoms with van der Waals surface area (Å²) >= 11 is 0. The van der Waals surface area contributed by atoms with Crippen LogP contribution in [0.2, 0.25) is 0 Å². The highest BCUT2D eigenvalue weighted by molar-refractivity contribution is 5.91. The van der Waals surface area contributed by atoms with Gasteiger partial charge in [-0.05, 0) is 32.1 Å². The summed E-state index contributed by atoms with van der Waals surface area (Å²) in [6.45, 7) is 3.51. The average molecular weight is 249 g/mol. The molecule has 1 aromatic rings. The highest BCUT2D eigenvalue weighted by Crippen LogP contribution is 2.32. The lowest BCUT2D eigenvalue weighted by Crippen LogP contribution is -2.34. The molecule has 5 nitrogen and oxygen atoms in total. The van der Waals surface area contributed by atoms with Gasteiger partial charge in [-0.3, -0.25) is 9.78 Å². The van der Waals surface area contributed by atoms with Crippen LogP contribution in [0.3, 0.4) is 0 Å². The fraction of sp³-hybridized carbons (Fsp3) is 0.615. The number of carbonyl (C=O) groups excluding carboxylic acids is 1. The normalized spacial score (nSPS) is 22.3. The molecule has 1 aromatic heterocycles.